The number of carbonyl (C=O) groups is 2. The molecule has 0 radical (unpaired) electrons. The molecule has 0 unspecified atom stereocenters. The van der Waals surface area contributed by atoms with Crippen molar-refractivity contribution in [1.82, 2.24) is 10.2 Å². The first-order valence-corrected chi connectivity index (χ1v) is 15.5. The van der Waals surface area contributed by atoms with Gasteiger partial charge >= 0.3 is 0 Å². The van der Waals surface area contributed by atoms with Gasteiger partial charge in [-0.15, -0.1) is 0 Å². The summed E-state index contributed by atoms with van der Waals surface area (Å²) >= 11 is 19.1. The number of hydrogen-bond acceptors (Lipinski definition) is 4. The summed E-state index contributed by atoms with van der Waals surface area (Å²) in [4.78, 5) is 28.7. The highest BCUT2D eigenvalue weighted by Gasteiger charge is 2.34. The van der Waals surface area contributed by atoms with Crippen LogP contribution in [0, 0.1) is 0 Å². The summed E-state index contributed by atoms with van der Waals surface area (Å²) in [7, 11) is -4.18. The number of nitrogens with zero attached hydrogens (tertiary/aromatic N) is 2. The summed E-state index contributed by atoms with van der Waals surface area (Å²) in [6.07, 6.45) is 1.96. The summed E-state index contributed by atoms with van der Waals surface area (Å²) in [6.45, 7) is 3.58. The van der Waals surface area contributed by atoms with Crippen LogP contribution < -0.4 is 9.62 Å². The van der Waals surface area contributed by atoms with Gasteiger partial charge in [0, 0.05) is 33.7 Å². The molecule has 214 valence electrons. The molecule has 0 aliphatic heterocycles. The van der Waals surface area contributed by atoms with Crippen LogP contribution in [0.1, 0.15) is 38.7 Å². The van der Waals surface area contributed by atoms with Gasteiger partial charge in [-0.1, -0.05) is 85.4 Å². The maximum Gasteiger partial charge on any atom is 0.264 e. The molecule has 0 aliphatic rings. The minimum Gasteiger partial charge on any atom is -0.354 e. The van der Waals surface area contributed by atoms with E-state index in [9.17, 15) is 18.0 Å². The smallest absolute Gasteiger partial charge is 0.264 e. The average Bonchev–Trinajstić information content (AvgIpc) is 2.93. The second-order valence-electron chi connectivity index (χ2n) is 9.10. The molecule has 0 fully saturated rings. The Kier molecular flexibility index (Phi) is 11.7. The maximum absolute atomic E-state index is 14.1. The summed E-state index contributed by atoms with van der Waals surface area (Å²) in [5.74, 6) is -0.944. The van der Waals surface area contributed by atoms with Crippen molar-refractivity contribution in [3.8, 4) is 0 Å². The standard InChI is InChI=1S/C29H32Cl3N3O4S/c1-3-5-17-33-29(37)27(4-2)34(19-24-25(31)15-10-16-26(24)32)28(36)20-35(22-12-9-11-21(30)18-22)40(38,39)23-13-7-6-8-14-23/h6-16,18,27H,3-5,17,19-20H2,1-2H3,(H,33,37)/t27-/m1/s1. The van der Waals surface area contributed by atoms with Crippen LogP contribution in [0.15, 0.2) is 77.7 Å². The van der Waals surface area contributed by atoms with Gasteiger partial charge in [-0.3, -0.25) is 13.9 Å². The maximum atomic E-state index is 14.1. The summed E-state index contributed by atoms with van der Waals surface area (Å²) in [5.41, 5.74) is 0.667. The van der Waals surface area contributed by atoms with Crippen molar-refractivity contribution >= 4 is 62.3 Å². The van der Waals surface area contributed by atoms with Crippen LogP contribution in [-0.2, 0) is 26.2 Å². The number of carbonyl (C=O) groups excluding carboxylic acids is 2. The Bertz CT molecular complexity index is 1400. The van der Waals surface area contributed by atoms with Gasteiger partial charge in [0.15, 0.2) is 0 Å². The topological polar surface area (TPSA) is 86.8 Å². The van der Waals surface area contributed by atoms with Crippen LogP contribution in [0.2, 0.25) is 15.1 Å². The predicted octanol–water partition coefficient (Wildman–Crippen LogP) is 6.57. The molecule has 0 saturated carbocycles. The van der Waals surface area contributed by atoms with Crippen molar-refractivity contribution in [2.24, 2.45) is 0 Å². The van der Waals surface area contributed by atoms with Crippen LogP contribution in [-0.4, -0.2) is 44.3 Å². The van der Waals surface area contributed by atoms with Crippen molar-refractivity contribution in [1.29, 1.82) is 0 Å². The van der Waals surface area contributed by atoms with E-state index in [0.29, 0.717) is 27.2 Å². The van der Waals surface area contributed by atoms with Gasteiger partial charge in [0.05, 0.1) is 10.6 Å². The second-order valence-corrected chi connectivity index (χ2v) is 12.2. The number of amides is 2. The van der Waals surface area contributed by atoms with E-state index in [2.05, 4.69) is 5.32 Å². The molecule has 3 rings (SSSR count). The highest BCUT2D eigenvalue weighted by atomic mass is 35.5. The van der Waals surface area contributed by atoms with Gasteiger partial charge in [0.25, 0.3) is 10.0 Å². The zero-order valence-electron chi connectivity index (χ0n) is 22.3. The van der Waals surface area contributed by atoms with E-state index in [1.54, 1.807) is 61.5 Å². The molecule has 3 aromatic rings. The highest BCUT2D eigenvalue weighted by molar-refractivity contribution is 7.92. The van der Waals surface area contributed by atoms with Gasteiger partial charge < -0.3 is 10.2 Å². The quantitative estimate of drug-likeness (QED) is 0.218. The first-order valence-electron chi connectivity index (χ1n) is 12.9. The zero-order valence-corrected chi connectivity index (χ0v) is 25.4. The fourth-order valence-corrected chi connectivity index (χ4v) is 6.29. The van der Waals surface area contributed by atoms with Crippen LogP contribution in [0.3, 0.4) is 0 Å². The fraction of sp³-hybridized carbons (Fsp3) is 0.310. The van der Waals surface area contributed by atoms with Crippen LogP contribution in [0.25, 0.3) is 0 Å². The lowest BCUT2D eigenvalue weighted by molar-refractivity contribution is -0.140. The molecule has 0 heterocycles. The van der Waals surface area contributed by atoms with Crippen molar-refractivity contribution in [3.63, 3.8) is 0 Å². The number of anilines is 1. The molecule has 7 nitrogen and oxygen atoms in total. The first kappa shape index (κ1) is 31.7. The Morgan fingerprint density at radius 3 is 2.15 bits per heavy atom. The van der Waals surface area contributed by atoms with Crippen molar-refractivity contribution in [2.45, 2.75) is 50.6 Å². The van der Waals surface area contributed by atoms with Crippen molar-refractivity contribution in [3.05, 3.63) is 93.4 Å². The van der Waals surface area contributed by atoms with E-state index < -0.39 is 28.5 Å². The molecule has 0 aliphatic carbocycles. The Morgan fingerprint density at radius 1 is 0.900 bits per heavy atom. The Balaban J connectivity index is 2.07. The number of unbranched alkanes of at least 4 members (excludes halogenated alkanes) is 1. The number of rotatable bonds is 13. The zero-order chi connectivity index (χ0) is 29.3. The lowest BCUT2D eigenvalue weighted by Gasteiger charge is -2.33. The third-order valence-electron chi connectivity index (χ3n) is 6.31. The van der Waals surface area contributed by atoms with Crippen molar-refractivity contribution < 1.29 is 18.0 Å². The number of benzene rings is 3. The number of halogens is 3. The first-order chi connectivity index (χ1) is 19.1. The minimum absolute atomic E-state index is 0.00724. The van der Waals surface area contributed by atoms with Crippen LogP contribution in [0.4, 0.5) is 5.69 Å². The van der Waals surface area contributed by atoms with Gasteiger partial charge in [0.1, 0.15) is 12.6 Å². The molecule has 3 aromatic carbocycles. The monoisotopic (exact) mass is 623 g/mol. The van der Waals surface area contributed by atoms with Gasteiger partial charge in [-0.05, 0) is 55.3 Å². The highest BCUT2D eigenvalue weighted by Crippen LogP contribution is 2.29. The molecule has 0 aromatic heterocycles. The molecule has 11 heteroatoms. The Morgan fingerprint density at radius 2 is 1.55 bits per heavy atom. The van der Waals surface area contributed by atoms with Gasteiger partial charge in [-0.2, -0.15) is 0 Å². The van der Waals surface area contributed by atoms with E-state index in [0.717, 1.165) is 17.1 Å². The normalized spacial score (nSPS) is 12.0. The van der Waals surface area contributed by atoms with Gasteiger partial charge in [0.2, 0.25) is 11.8 Å². The summed E-state index contributed by atoms with van der Waals surface area (Å²) in [5, 5.41) is 3.85. The summed E-state index contributed by atoms with van der Waals surface area (Å²) in [6, 6.07) is 18.1. The van der Waals surface area contributed by atoms with Gasteiger partial charge in [-0.25, -0.2) is 8.42 Å². The SMILES string of the molecule is CCCCNC(=O)[C@@H](CC)N(Cc1c(Cl)cccc1Cl)C(=O)CN(c1cccc(Cl)c1)S(=O)(=O)c1ccccc1. The fourth-order valence-electron chi connectivity index (χ4n) is 4.16. The lowest BCUT2D eigenvalue weighted by Crippen LogP contribution is -2.52. The van der Waals surface area contributed by atoms with E-state index >= 15 is 0 Å². The Labute approximate surface area is 251 Å². The predicted molar refractivity (Wildman–Crippen MR) is 161 cm³/mol. The molecule has 2 amide bonds. The minimum atomic E-state index is -4.18. The molecule has 1 N–H and O–H groups in total. The lowest BCUT2D eigenvalue weighted by atomic mass is 10.1. The number of sulfonamides is 1. The Hall–Kier alpha value is -2.78. The van der Waals surface area contributed by atoms with E-state index in [1.807, 2.05) is 6.92 Å². The average molecular weight is 625 g/mol. The van der Waals surface area contributed by atoms with E-state index in [-0.39, 0.29) is 29.5 Å². The van der Waals surface area contributed by atoms with Crippen LogP contribution in [0.5, 0.6) is 0 Å². The van der Waals surface area contributed by atoms with E-state index in [4.69, 9.17) is 34.8 Å². The van der Waals surface area contributed by atoms with Crippen molar-refractivity contribution in [2.75, 3.05) is 17.4 Å². The molecular weight excluding hydrogens is 593 g/mol. The second kappa shape index (κ2) is 14.7. The summed E-state index contributed by atoms with van der Waals surface area (Å²) < 4.78 is 28.6. The third-order valence-corrected chi connectivity index (χ3v) is 9.04. The molecule has 0 spiro atoms. The molecule has 40 heavy (non-hydrogen) atoms. The molecule has 1 atom stereocenters. The molecule has 0 bridgehead atoms. The third kappa shape index (κ3) is 7.91. The number of nitrogens with one attached hydrogen (secondary N) is 1. The van der Waals surface area contributed by atoms with Crippen LogP contribution >= 0.6 is 34.8 Å². The molecular formula is C29H32Cl3N3O4S. The molecule has 0 saturated heterocycles. The number of hydrogen-bond donors (Lipinski definition) is 1. The van der Waals surface area contributed by atoms with E-state index in [1.165, 1.54) is 23.1 Å². The largest absolute Gasteiger partial charge is 0.354 e.